The summed E-state index contributed by atoms with van der Waals surface area (Å²) in [5, 5.41) is 3.60. The number of nitrogens with one attached hydrogen (secondary N) is 1. The molecule has 3 N–H and O–H groups in total. The lowest BCUT2D eigenvalue weighted by atomic mass is 10.0. The molecule has 0 radical (unpaired) electrons. The standard InChI is InChI=1S/C11H24N2/c1-10(5-8-12)4-3-9-13-11(2)6-7-11/h10,13H,3-9,12H2,1-2H3. The van der Waals surface area contributed by atoms with Gasteiger partial charge in [0.05, 0.1) is 0 Å². The van der Waals surface area contributed by atoms with Gasteiger partial charge in [-0.1, -0.05) is 6.92 Å². The van der Waals surface area contributed by atoms with Crippen LogP contribution in [0.15, 0.2) is 0 Å². The molecule has 0 spiro atoms. The van der Waals surface area contributed by atoms with Crippen LogP contribution in [0.4, 0.5) is 0 Å². The highest BCUT2D eigenvalue weighted by atomic mass is 15.0. The molecule has 0 bridgehead atoms. The molecule has 0 aromatic rings. The molecule has 0 saturated heterocycles. The van der Waals surface area contributed by atoms with E-state index in [-0.39, 0.29) is 0 Å². The predicted molar refractivity (Wildman–Crippen MR) is 57.7 cm³/mol. The van der Waals surface area contributed by atoms with Crippen LogP contribution in [0.25, 0.3) is 0 Å². The third-order valence-electron chi connectivity index (χ3n) is 3.08. The van der Waals surface area contributed by atoms with Crippen LogP contribution in [0.5, 0.6) is 0 Å². The van der Waals surface area contributed by atoms with Crippen molar-refractivity contribution in [2.45, 2.75) is 51.5 Å². The van der Waals surface area contributed by atoms with Gasteiger partial charge < -0.3 is 11.1 Å². The van der Waals surface area contributed by atoms with Crippen molar-refractivity contribution < 1.29 is 0 Å². The van der Waals surface area contributed by atoms with Crippen molar-refractivity contribution in [1.29, 1.82) is 0 Å². The largest absolute Gasteiger partial charge is 0.330 e. The van der Waals surface area contributed by atoms with Crippen LogP contribution < -0.4 is 11.1 Å². The molecule has 2 heteroatoms. The maximum absolute atomic E-state index is 5.50. The van der Waals surface area contributed by atoms with Crippen molar-refractivity contribution in [3.05, 3.63) is 0 Å². The van der Waals surface area contributed by atoms with Gasteiger partial charge in [0, 0.05) is 5.54 Å². The van der Waals surface area contributed by atoms with E-state index < -0.39 is 0 Å². The highest BCUT2D eigenvalue weighted by Crippen LogP contribution is 2.34. The van der Waals surface area contributed by atoms with Crippen molar-refractivity contribution in [3.8, 4) is 0 Å². The summed E-state index contributed by atoms with van der Waals surface area (Å²) in [6.07, 6.45) is 6.53. The Bertz CT molecular complexity index is 141. The Labute approximate surface area is 82.3 Å². The highest BCUT2D eigenvalue weighted by molar-refractivity contribution is 4.97. The predicted octanol–water partition coefficient (Wildman–Crippen LogP) is 1.89. The highest BCUT2D eigenvalue weighted by Gasteiger charge is 2.35. The summed E-state index contributed by atoms with van der Waals surface area (Å²) in [4.78, 5) is 0. The van der Waals surface area contributed by atoms with E-state index in [1.165, 1.54) is 38.6 Å². The number of hydrogen-bond acceptors (Lipinski definition) is 2. The number of nitrogens with two attached hydrogens (primary N) is 1. The molecule has 1 fully saturated rings. The van der Waals surface area contributed by atoms with Gasteiger partial charge in [-0.2, -0.15) is 0 Å². The zero-order valence-electron chi connectivity index (χ0n) is 9.10. The average Bonchev–Trinajstić information content (AvgIpc) is 2.79. The molecule has 2 nitrogen and oxygen atoms in total. The Morgan fingerprint density at radius 3 is 2.62 bits per heavy atom. The molecule has 1 aliphatic rings. The van der Waals surface area contributed by atoms with E-state index in [4.69, 9.17) is 5.73 Å². The topological polar surface area (TPSA) is 38.0 Å². The minimum Gasteiger partial charge on any atom is -0.330 e. The van der Waals surface area contributed by atoms with Gasteiger partial charge in [-0.05, 0) is 58.0 Å². The van der Waals surface area contributed by atoms with Crippen molar-refractivity contribution in [2.24, 2.45) is 11.7 Å². The van der Waals surface area contributed by atoms with Crippen LogP contribution in [-0.4, -0.2) is 18.6 Å². The minimum atomic E-state index is 0.511. The van der Waals surface area contributed by atoms with Crippen LogP contribution in [-0.2, 0) is 0 Å². The number of rotatable bonds is 7. The van der Waals surface area contributed by atoms with Crippen LogP contribution in [0.2, 0.25) is 0 Å². The fourth-order valence-corrected chi connectivity index (χ4v) is 1.63. The van der Waals surface area contributed by atoms with Gasteiger partial charge in [0.15, 0.2) is 0 Å². The molecule has 1 atom stereocenters. The molecular formula is C11H24N2. The molecule has 1 aliphatic carbocycles. The molecule has 0 aromatic carbocycles. The van der Waals surface area contributed by atoms with Gasteiger partial charge in [-0.15, -0.1) is 0 Å². The van der Waals surface area contributed by atoms with Crippen LogP contribution in [0.3, 0.4) is 0 Å². The summed E-state index contributed by atoms with van der Waals surface area (Å²) in [7, 11) is 0. The second-order valence-corrected chi connectivity index (χ2v) is 4.81. The van der Waals surface area contributed by atoms with Gasteiger partial charge >= 0.3 is 0 Å². The smallest absolute Gasteiger partial charge is 0.0154 e. The van der Waals surface area contributed by atoms with E-state index in [9.17, 15) is 0 Å². The van der Waals surface area contributed by atoms with Gasteiger partial charge in [-0.3, -0.25) is 0 Å². The maximum atomic E-state index is 5.50. The Hall–Kier alpha value is -0.0800. The SMILES string of the molecule is CC(CCN)CCCNC1(C)CC1. The molecule has 1 unspecified atom stereocenters. The fraction of sp³-hybridized carbons (Fsp3) is 1.00. The average molecular weight is 184 g/mol. The molecule has 78 valence electrons. The van der Waals surface area contributed by atoms with Gasteiger partial charge in [0.2, 0.25) is 0 Å². The second kappa shape index (κ2) is 4.97. The van der Waals surface area contributed by atoms with Gasteiger partial charge in [0.25, 0.3) is 0 Å². The van der Waals surface area contributed by atoms with Crippen molar-refractivity contribution >= 4 is 0 Å². The second-order valence-electron chi connectivity index (χ2n) is 4.81. The molecule has 0 aromatic heterocycles. The summed E-state index contributed by atoms with van der Waals surface area (Å²) in [6, 6.07) is 0. The van der Waals surface area contributed by atoms with Crippen LogP contribution in [0, 0.1) is 5.92 Å². The Morgan fingerprint density at radius 1 is 1.38 bits per heavy atom. The summed E-state index contributed by atoms with van der Waals surface area (Å²) < 4.78 is 0. The zero-order chi connectivity index (χ0) is 9.73. The Kier molecular flexibility index (Phi) is 4.20. The first-order chi connectivity index (χ1) is 6.16. The van der Waals surface area contributed by atoms with E-state index >= 15 is 0 Å². The first kappa shape index (κ1) is 11.0. The lowest BCUT2D eigenvalue weighted by molar-refractivity contribution is 0.447. The van der Waals surface area contributed by atoms with E-state index in [1.807, 2.05) is 0 Å². The van der Waals surface area contributed by atoms with Crippen molar-refractivity contribution in [2.75, 3.05) is 13.1 Å². The lowest BCUT2D eigenvalue weighted by Gasteiger charge is -2.13. The molecule has 0 amide bonds. The van der Waals surface area contributed by atoms with E-state index in [2.05, 4.69) is 19.2 Å². The molecule has 13 heavy (non-hydrogen) atoms. The summed E-state index contributed by atoms with van der Waals surface area (Å²) in [5.74, 6) is 0.804. The molecule has 0 heterocycles. The Morgan fingerprint density at radius 2 is 2.08 bits per heavy atom. The van der Waals surface area contributed by atoms with Crippen molar-refractivity contribution in [3.63, 3.8) is 0 Å². The lowest BCUT2D eigenvalue weighted by Crippen LogP contribution is -2.28. The third kappa shape index (κ3) is 4.63. The normalized spacial score (nSPS) is 21.5. The van der Waals surface area contributed by atoms with Gasteiger partial charge in [0.1, 0.15) is 0 Å². The maximum Gasteiger partial charge on any atom is 0.0154 e. The summed E-state index contributed by atoms with van der Waals surface area (Å²) in [5.41, 5.74) is 6.01. The third-order valence-corrected chi connectivity index (χ3v) is 3.08. The van der Waals surface area contributed by atoms with Crippen molar-refractivity contribution in [1.82, 2.24) is 5.32 Å². The number of hydrogen-bond donors (Lipinski definition) is 2. The fourth-order valence-electron chi connectivity index (χ4n) is 1.63. The first-order valence-electron chi connectivity index (χ1n) is 5.61. The first-order valence-corrected chi connectivity index (χ1v) is 5.61. The molecular weight excluding hydrogens is 160 g/mol. The Balaban J connectivity index is 1.88. The summed E-state index contributed by atoms with van der Waals surface area (Å²) in [6.45, 7) is 6.64. The zero-order valence-corrected chi connectivity index (χ0v) is 9.10. The van der Waals surface area contributed by atoms with E-state index in [0.717, 1.165) is 12.5 Å². The summed E-state index contributed by atoms with van der Waals surface area (Å²) >= 11 is 0. The molecule has 0 aliphatic heterocycles. The van der Waals surface area contributed by atoms with Crippen LogP contribution >= 0.6 is 0 Å². The van der Waals surface area contributed by atoms with E-state index in [0.29, 0.717) is 5.54 Å². The molecule has 1 saturated carbocycles. The van der Waals surface area contributed by atoms with Gasteiger partial charge in [-0.25, -0.2) is 0 Å². The minimum absolute atomic E-state index is 0.511. The quantitative estimate of drug-likeness (QED) is 0.593. The monoisotopic (exact) mass is 184 g/mol. The van der Waals surface area contributed by atoms with E-state index in [1.54, 1.807) is 0 Å². The van der Waals surface area contributed by atoms with Crippen LogP contribution in [0.1, 0.15) is 46.0 Å². The molecule has 1 rings (SSSR count).